The van der Waals surface area contributed by atoms with Crippen LogP contribution in [0.2, 0.25) is 5.02 Å². The van der Waals surface area contributed by atoms with E-state index in [-0.39, 0.29) is 58.5 Å². The first-order valence-electron chi connectivity index (χ1n) is 20.1. The Morgan fingerprint density at radius 1 is 0.864 bits per heavy atom. The summed E-state index contributed by atoms with van der Waals surface area (Å²) in [5, 5.41) is 15.0. The highest BCUT2D eigenvalue weighted by molar-refractivity contribution is 6.31. The monoisotopic (exact) mass is 823 g/mol. The van der Waals surface area contributed by atoms with Crippen LogP contribution in [0.4, 0.5) is 15.8 Å². The number of nitrogens with zero attached hydrogens (tertiary/aromatic N) is 5. The standard InChI is InChI=1S/C44H47ClFN7O6/c1-43(2)41(44(3,4)42(43)59-29-10-7-26(24-47)32(45)21-29)49-37(55)25-5-8-27(9-6-25)50-17-19-51(20-18-50)28-13-15-52(16-14-28)35-23-31-30(22-33(35)46)39(57)53(40(31)58)34-11-12-36(54)48-38(34)56/h5-10,21-23,28,34,41-42H,11-20H2,1-4H3,(H,49,55)(H,48,54,56)/t34?,41-,42-. The number of fused-ring (bicyclic) bond motifs is 1. The van der Waals surface area contributed by atoms with Crippen molar-refractivity contribution in [2.45, 2.75) is 77.6 Å². The van der Waals surface area contributed by atoms with Crippen LogP contribution in [0.15, 0.2) is 54.6 Å². The summed E-state index contributed by atoms with van der Waals surface area (Å²) in [6.45, 7) is 12.8. The number of halogens is 2. The minimum atomic E-state index is -1.10. The topological polar surface area (TPSA) is 155 Å². The Morgan fingerprint density at radius 2 is 1.51 bits per heavy atom. The lowest BCUT2D eigenvalue weighted by atomic mass is 9.49. The van der Waals surface area contributed by atoms with E-state index >= 15 is 4.39 Å². The molecule has 3 aromatic rings. The third-order valence-corrected chi connectivity index (χ3v) is 13.4. The first-order valence-corrected chi connectivity index (χ1v) is 20.5. The van der Waals surface area contributed by atoms with Crippen molar-refractivity contribution in [3.8, 4) is 11.8 Å². The van der Waals surface area contributed by atoms with Crippen molar-refractivity contribution in [3.63, 3.8) is 0 Å². The van der Waals surface area contributed by atoms with E-state index in [0.29, 0.717) is 41.0 Å². The van der Waals surface area contributed by atoms with Gasteiger partial charge in [0, 0.05) is 85.9 Å². The Bertz CT molecular complexity index is 2260. The molecule has 0 bridgehead atoms. The zero-order valence-corrected chi connectivity index (χ0v) is 34.3. The van der Waals surface area contributed by atoms with Crippen molar-refractivity contribution in [1.29, 1.82) is 5.26 Å². The molecule has 4 fully saturated rings. The molecule has 59 heavy (non-hydrogen) atoms. The van der Waals surface area contributed by atoms with Gasteiger partial charge in [0.15, 0.2) is 0 Å². The molecule has 13 nitrogen and oxygen atoms in total. The third kappa shape index (κ3) is 7.18. The van der Waals surface area contributed by atoms with E-state index in [4.69, 9.17) is 16.3 Å². The molecular formula is C44H47ClFN7O6. The number of imide groups is 2. The van der Waals surface area contributed by atoms with Gasteiger partial charge in [-0.15, -0.1) is 0 Å². The van der Waals surface area contributed by atoms with Gasteiger partial charge in [0.2, 0.25) is 11.8 Å². The predicted octanol–water partition coefficient (Wildman–Crippen LogP) is 5.15. The Kier molecular flexibility index (Phi) is 10.4. The van der Waals surface area contributed by atoms with Gasteiger partial charge < -0.3 is 19.9 Å². The van der Waals surface area contributed by atoms with Gasteiger partial charge in [-0.1, -0.05) is 39.3 Å². The maximum atomic E-state index is 15.5. The number of hydrogen-bond acceptors (Lipinski definition) is 10. The van der Waals surface area contributed by atoms with Gasteiger partial charge in [-0.2, -0.15) is 5.26 Å². The van der Waals surface area contributed by atoms with Crippen LogP contribution in [0.25, 0.3) is 0 Å². The van der Waals surface area contributed by atoms with E-state index in [2.05, 4.69) is 54.2 Å². The van der Waals surface area contributed by atoms with E-state index in [9.17, 15) is 29.2 Å². The number of anilines is 2. The fourth-order valence-corrected chi connectivity index (χ4v) is 10.4. The van der Waals surface area contributed by atoms with E-state index in [1.807, 2.05) is 29.2 Å². The van der Waals surface area contributed by atoms with Gasteiger partial charge in [0.25, 0.3) is 17.7 Å². The van der Waals surface area contributed by atoms with Gasteiger partial charge in [-0.3, -0.25) is 39.1 Å². The highest BCUT2D eigenvalue weighted by Crippen LogP contribution is 2.55. The molecule has 3 saturated heterocycles. The highest BCUT2D eigenvalue weighted by Gasteiger charge is 2.64. The van der Waals surface area contributed by atoms with Gasteiger partial charge in [0.05, 0.1) is 27.4 Å². The van der Waals surface area contributed by atoms with E-state index < -0.39 is 35.5 Å². The summed E-state index contributed by atoms with van der Waals surface area (Å²) in [6.07, 6.45) is 1.46. The first-order chi connectivity index (χ1) is 28.1. The maximum absolute atomic E-state index is 15.5. The second-order valence-corrected chi connectivity index (χ2v) is 17.8. The van der Waals surface area contributed by atoms with Crippen LogP contribution in [0.1, 0.15) is 90.0 Å². The molecule has 0 spiro atoms. The van der Waals surface area contributed by atoms with Crippen molar-refractivity contribution in [3.05, 3.63) is 87.7 Å². The van der Waals surface area contributed by atoms with Gasteiger partial charge in [-0.05, 0) is 67.8 Å². The SMILES string of the molecule is CC1(C)[C@H](NC(=O)c2ccc(N3CCN(C4CCN(c5cc6c(cc5F)C(=O)N(C5CCC(=O)NC5=O)C6=O)CC4)CC3)cc2)C(C)(C)[C@H]1Oc1ccc(C#N)c(Cl)c1. The van der Waals surface area contributed by atoms with Crippen LogP contribution in [-0.2, 0) is 9.59 Å². The summed E-state index contributed by atoms with van der Waals surface area (Å²) in [4.78, 5) is 71.6. The van der Waals surface area contributed by atoms with Crippen LogP contribution in [0, 0.1) is 28.0 Å². The van der Waals surface area contributed by atoms with Crippen molar-refractivity contribution >= 4 is 52.5 Å². The summed E-state index contributed by atoms with van der Waals surface area (Å²) in [6, 6.07) is 16.4. The molecule has 4 aliphatic heterocycles. The number of benzene rings is 3. The number of carbonyl (C=O) groups excluding carboxylic acids is 5. The van der Waals surface area contributed by atoms with E-state index in [0.717, 1.165) is 55.7 Å². The molecular weight excluding hydrogens is 777 g/mol. The molecule has 0 radical (unpaired) electrons. The minimum Gasteiger partial charge on any atom is -0.489 e. The Balaban J connectivity index is 0.822. The first kappa shape index (κ1) is 40.3. The summed E-state index contributed by atoms with van der Waals surface area (Å²) in [5.41, 5.74) is 1.53. The molecule has 1 atom stereocenters. The molecule has 15 heteroatoms. The number of rotatable bonds is 8. The molecule has 308 valence electrons. The number of ether oxygens (including phenoxy) is 1. The fraction of sp³-hybridized carbons (Fsp3) is 0.455. The number of nitriles is 1. The van der Waals surface area contributed by atoms with Crippen molar-refractivity contribution in [1.82, 2.24) is 20.4 Å². The summed E-state index contributed by atoms with van der Waals surface area (Å²) in [5.74, 6) is -2.69. The zero-order chi connectivity index (χ0) is 42.0. The normalized spacial score (nSPS) is 24.3. The van der Waals surface area contributed by atoms with Crippen LogP contribution >= 0.6 is 11.6 Å². The van der Waals surface area contributed by atoms with Crippen molar-refractivity contribution in [2.24, 2.45) is 10.8 Å². The number of piperidine rings is 2. The number of amides is 5. The summed E-state index contributed by atoms with van der Waals surface area (Å²) in [7, 11) is 0. The van der Waals surface area contributed by atoms with E-state index in [1.165, 1.54) is 6.07 Å². The Labute approximate surface area is 347 Å². The summed E-state index contributed by atoms with van der Waals surface area (Å²) < 4.78 is 21.9. The molecule has 5 amide bonds. The molecule has 3 aromatic carbocycles. The Hall–Kier alpha value is -5.52. The van der Waals surface area contributed by atoms with Crippen LogP contribution < -0.4 is 25.2 Å². The van der Waals surface area contributed by atoms with E-state index in [1.54, 1.807) is 18.2 Å². The van der Waals surface area contributed by atoms with Crippen LogP contribution in [-0.4, -0.2) is 103 Å². The van der Waals surface area contributed by atoms with Gasteiger partial charge in [0.1, 0.15) is 29.8 Å². The lowest BCUT2D eigenvalue weighted by Gasteiger charge is -2.63. The molecule has 2 N–H and O–H groups in total. The lowest BCUT2D eigenvalue weighted by molar-refractivity contribution is -0.164. The number of nitrogens with one attached hydrogen (secondary N) is 2. The quantitative estimate of drug-likeness (QED) is 0.292. The number of piperazine rings is 1. The fourth-order valence-electron chi connectivity index (χ4n) is 10.2. The molecule has 5 aliphatic rings. The maximum Gasteiger partial charge on any atom is 0.262 e. The average Bonchev–Trinajstić information content (AvgIpc) is 3.45. The number of hydrogen-bond donors (Lipinski definition) is 2. The molecule has 0 aromatic heterocycles. The van der Waals surface area contributed by atoms with Gasteiger partial charge in [-0.25, -0.2) is 4.39 Å². The summed E-state index contributed by atoms with van der Waals surface area (Å²) >= 11 is 6.25. The molecule has 1 unspecified atom stereocenters. The largest absolute Gasteiger partial charge is 0.489 e. The third-order valence-electron chi connectivity index (χ3n) is 13.1. The second-order valence-electron chi connectivity index (χ2n) is 17.4. The molecule has 8 rings (SSSR count). The van der Waals surface area contributed by atoms with Crippen LogP contribution in [0.5, 0.6) is 5.75 Å². The zero-order valence-electron chi connectivity index (χ0n) is 33.5. The Morgan fingerprint density at radius 3 is 2.12 bits per heavy atom. The molecule has 1 aliphatic carbocycles. The van der Waals surface area contributed by atoms with Crippen LogP contribution in [0.3, 0.4) is 0 Å². The highest BCUT2D eigenvalue weighted by atomic mass is 35.5. The number of carbonyl (C=O) groups is 5. The van der Waals surface area contributed by atoms with Crippen molar-refractivity contribution in [2.75, 3.05) is 49.1 Å². The van der Waals surface area contributed by atoms with Gasteiger partial charge >= 0.3 is 0 Å². The second kappa shape index (κ2) is 15.3. The molecule has 4 heterocycles. The average molecular weight is 824 g/mol. The smallest absolute Gasteiger partial charge is 0.262 e. The molecule has 1 saturated carbocycles. The lowest BCUT2D eigenvalue weighted by Crippen LogP contribution is -2.74. The minimum absolute atomic E-state index is 0.0128. The van der Waals surface area contributed by atoms with Crippen molar-refractivity contribution < 1.29 is 33.1 Å². The predicted molar refractivity (Wildman–Crippen MR) is 218 cm³/mol.